The molecule has 1 aliphatic rings. The van der Waals surface area contributed by atoms with E-state index in [4.69, 9.17) is 5.11 Å². The summed E-state index contributed by atoms with van der Waals surface area (Å²) in [6, 6.07) is 6.46. The molecule has 0 radical (unpaired) electrons. The lowest BCUT2D eigenvalue weighted by atomic mass is 10.1. The number of nitrogens with one attached hydrogen (secondary N) is 1. The van der Waals surface area contributed by atoms with Crippen LogP contribution in [0.1, 0.15) is 30.1 Å². The summed E-state index contributed by atoms with van der Waals surface area (Å²) in [5, 5.41) is 11.5. The van der Waals surface area contributed by atoms with Gasteiger partial charge in [-0.1, -0.05) is 0 Å². The SMILES string of the molecule is CC(=O)Nc1ccc(C(=O)N(CC(=O)O)C2CC2)cc1. The molecule has 1 saturated carbocycles. The van der Waals surface area contributed by atoms with E-state index >= 15 is 0 Å². The molecule has 2 amide bonds. The number of hydrogen-bond acceptors (Lipinski definition) is 3. The van der Waals surface area contributed by atoms with Crippen molar-refractivity contribution >= 4 is 23.5 Å². The number of carbonyl (C=O) groups excluding carboxylic acids is 2. The Hall–Kier alpha value is -2.37. The number of aliphatic carboxylic acids is 1. The maximum absolute atomic E-state index is 12.3. The molecule has 106 valence electrons. The van der Waals surface area contributed by atoms with Crippen molar-refractivity contribution in [3.63, 3.8) is 0 Å². The Morgan fingerprint density at radius 1 is 1.25 bits per heavy atom. The van der Waals surface area contributed by atoms with E-state index in [2.05, 4.69) is 5.32 Å². The average molecular weight is 276 g/mol. The van der Waals surface area contributed by atoms with Gasteiger partial charge in [0, 0.05) is 24.2 Å². The van der Waals surface area contributed by atoms with Gasteiger partial charge in [-0.05, 0) is 37.1 Å². The molecule has 2 N–H and O–H groups in total. The van der Waals surface area contributed by atoms with Crippen molar-refractivity contribution in [2.45, 2.75) is 25.8 Å². The second-order valence-corrected chi connectivity index (χ2v) is 4.82. The van der Waals surface area contributed by atoms with Crippen LogP contribution >= 0.6 is 0 Å². The molecule has 2 rings (SSSR count). The van der Waals surface area contributed by atoms with Gasteiger partial charge in [-0.25, -0.2) is 0 Å². The molecular formula is C14H16N2O4. The minimum atomic E-state index is -1.01. The highest BCUT2D eigenvalue weighted by Gasteiger charge is 2.34. The summed E-state index contributed by atoms with van der Waals surface area (Å²) >= 11 is 0. The lowest BCUT2D eigenvalue weighted by molar-refractivity contribution is -0.137. The zero-order valence-corrected chi connectivity index (χ0v) is 11.1. The molecule has 0 heterocycles. The molecule has 0 bridgehead atoms. The van der Waals surface area contributed by atoms with Crippen LogP contribution in [0.5, 0.6) is 0 Å². The smallest absolute Gasteiger partial charge is 0.323 e. The summed E-state index contributed by atoms with van der Waals surface area (Å²) in [6.07, 6.45) is 1.70. The normalized spacial score (nSPS) is 13.7. The number of carboxylic acids is 1. The van der Waals surface area contributed by atoms with Gasteiger partial charge in [0.2, 0.25) is 5.91 Å². The zero-order chi connectivity index (χ0) is 14.7. The summed E-state index contributed by atoms with van der Waals surface area (Å²) in [5.41, 5.74) is 1.03. The Bertz CT molecular complexity index is 535. The molecule has 0 atom stereocenters. The maximum Gasteiger partial charge on any atom is 0.323 e. The lowest BCUT2D eigenvalue weighted by Crippen LogP contribution is -2.37. The molecule has 6 nitrogen and oxygen atoms in total. The quantitative estimate of drug-likeness (QED) is 0.849. The molecule has 1 aromatic carbocycles. The third-order valence-corrected chi connectivity index (χ3v) is 3.01. The molecule has 0 saturated heterocycles. The van der Waals surface area contributed by atoms with Crippen molar-refractivity contribution < 1.29 is 19.5 Å². The number of anilines is 1. The minimum absolute atomic E-state index is 0.0358. The van der Waals surface area contributed by atoms with E-state index in [1.807, 2.05) is 0 Å². The molecule has 1 aliphatic carbocycles. The van der Waals surface area contributed by atoms with Gasteiger partial charge in [0.15, 0.2) is 0 Å². The number of nitrogens with zero attached hydrogens (tertiary/aromatic N) is 1. The van der Waals surface area contributed by atoms with Crippen molar-refractivity contribution in [3.8, 4) is 0 Å². The molecule has 1 fully saturated rings. The van der Waals surface area contributed by atoms with Crippen molar-refractivity contribution in [1.29, 1.82) is 0 Å². The predicted molar refractivity (Wildman–Crippen MR) is 72.4 cm³/mol. The Kier molecular flexibility index (Phi) is 4.02. The largest absolute Gasteiger partial charge is 0.480 e. The number of carbonyl (C=O) groups is 3. The van der Waals surface area contributed by atoms with E-state index in [9.17, 15) is 14.4 Å². The summed E-state index contributed by atoms with van der Waals surface area (Å²) in [5.74, 6) is -1.49. The number of carboxylic acid groups (broad SMARTS) is 1. The summed E-state index contributed by atoms with van der Waals surface area (Å²) < 4.78 is 0. The number of hydrogen-bond donors (Lipinski definition) is 2. The summed E-state index contributed by atoms with van der Waals surface area (Å²) in [4.78, 5) is 35.4. The van der Waals surface area contributed by atoms with Gasteiger partial charge in [-0.15, -0.1) is 0 Å². The molecule has 0 unspecified atom stereocenters. The fourth-order valence-corrected chi connectivity index (χ4v) is 1.96. The van der Waals surface area contributed by atoms with Crippen LogP contribution in [0.3, 0.4) is 0 Å². The second-order valence-electron chi connectivity index (χ2n) is 4.82. The minimum Gasteiger partial charge on any atom is -0.480 e. The third-order valence-electron chi connectivity index (χ3n) is 3.01. The van der Waals surface area contributed by atoms with Crippen molar-refractivity contribution in [2.75, 3.05) is 11.9 Å². The number of benzene rings is 1. The lowest BCUT2D eigenvalue weighted by Gasteiger charge is -2.20. The maximum atomic E-state index is 12.3. The van der Waals surface area contributed by atoms with E-state index in [0.29, 0.717) is 11.3 Å². The van der Waals surface area contributed by atoms with Crippen LogP contribution in [0.2, 0.25) is 0 Å². The Morgan fingerprint density at radius 2 is 1.85 bits per heavy atom. The second kappa shape index (κ2) is 5.73. The molecule has 0 aliphatic heterocycles. The first kappa shape index (κ1) is 14.0. The molecule has 0 spiro atoms. The van der Waals surface area contributed by atoms with Crippen LogP contribution in [0.15, 0.2) is 24.3 Å². The third kappa shape index (κ3) is 3.57. The van der Waals surface area contributed by atoms with Gasteiger partial charge >= 0.3 is 5.97 Å². The van der Waals surface area contributed by atoms with Crippen LogP contribution in [-0.4, -0.2) is 40.4 Å². The first-order valence-electron chi connectivity index (χ1n) is 6.38. The van der Waals surface area contributed by atoms with E-state index in [1.165, 1.54) is 11.8 Å². The van der Waals surface area contributed by atoms with Crippen LogP contribution < -0.4 is 5.32 Å². The van der Waals surface area contributed by atoms with Crippen molar-refractivity contribution in [1.82, 2.24) is 4.90 Å². The van der Waals surface area contributed by atoms with Gasteiger partial charge < -0.3 is 15.3 Å². The topological polar surface area (TPSA) is 86.7 Å². The van der Waals surface area contributed by atoms with E-state index in [1.54, 1.807) is 24.3 Å². The monoisotopic (exact) mass is 276 g/mol. The molecule has 0 aromatic heterocycles. The van der Waals surface area contributed by atoms with Crippen molar-refractivity contribution in [3.05, 3.63) is 29.8 Å². The van der Waals surface area contributed by atoms with Crippen LogP contribution in [0, 0.1) is 0 Å². The van der Waals surface area contributed by atoms with Gasteiger partial charge in [-0.3, -0.25) is 14.4 Å². The van der Waals surface area contributed by atoms with Gasteiger partial charge in [-0.2, -0.15) is 0 Å². The molecule has 20 heavy (non-hydrogen) atoms. The fraction of sp³-hybridized carbons (Fsp3) is 0.357. The van der Waals surface area contributed by atoms with Gasteiger partial charge in [0.25, 0.3) is 5.91 Å². The fourth-order valence-electron chi connectivity index (χ4n) is 1.96. The first-order chi connectivity index (χ1) is 9.47. The highest BCUT2D eigenvalue weighted by molar-refractivity contribution is 5.97. The Morgan fingerprint density at radius 3 is 2.30 bits per heavy atom. The standard InChI is InChI=1S/C14H16N2O4/c1-9(17)15-11-4-2-10(3-5-11)14(20)16(8-13(18)19)12-6-7-12/h2-5,12H,6-8H2,1H3,(H,15,17)(H,18,19). The summed E-state index contributed by atoms with van der Waals surface area (Å²) in [7, 11) is 0. The Labute approximate surface area is 116 Å². The van der Waals surface area contributed by atoms with Crippen molar-refractivity contribution in [2.24, 2.45) is 0 Å². The predicted octanol–water partition coefficient (Wildman–Crippen LogP) is 1.33. The summed E-state index contributed by atoms with van der Waals surface area (Å²) in [6.45, 7) is 1.12. The zero-order valence-electron chi connectivity index (χ0n) is 11.1. The highest BCUT2D eigenvalue weighted by atomic mass is 16.4. The van der Waals surface area contributed by atoms with E-state index < -0.39 is 5.97 Å². The van der Waals surface area contributed by atoms with E-state index in [-0.39, 0.29) is 24.4 Å². The van der Waals surface area contributed by atoms with Gasteiger partial charge in [0.1, 0.15) is 6.54 Å². The number of rotatable bonds is 5. The number of amides is 2. The van der Waals surface area contributed by atoms with Crippen LogP contribution in [0.25, 0.3) is 0 Å². The molecule has 1 aromatic rings. The Balaban J connectivity index is 2.10. The van der Waals surface area contributed by atoms with Gasteiger partial charge in [0.05, 0.1) is 0 Å². The molecule has 6 heteroatoms. The van der Waals surface area contributed by atoms with Crippen LogP contribution in [0.4, 0.5) is 5.69 Å². The highest BCUT2D eigenvalue weighted by Crippen LogP contribution is 2.28. The molecular weight excluding hydrogens is 260 g/mol. The van der Waals surface area contributed by atoms with E-state index in [0.717, 1.165) is 12.8 Å². The first-order valence-corrected chi connectivity index (χ1v) is 6.38. The van der Waals surface area contributed by atoms with Crippen LogP contribution in [-0.2, 0) is 9.59 Å². The average Bonchev–Trinajstić information content (AvgIpc) is 3.19.